The lowest BCUT2D eigenvalue weighted by molar-refractivity contribution is 0.0949. The number of imidazole rings is 1. The van der Waals surface area contributed by atoms with Gasteiger partial charge in [-0.05, 0) is 43.2 Å². The molecule has 3 aromatic rings. The molecule has 4 rings (SSSR count). The van der Waals surface area contributed by atoms with Crippen LogP contribution in [0.4, 0.5) is 5.69 Å². The van der Waals surface area contributed by atoms with Gasteiger partial charge in [0.2, 0.25) is 0 Å². The third-order valence-electron chi connectivity index (χ3n) is 5.82. The van der Waals surface area contributed by atoms with Crippen molar-refractivity contribution >= 4 is 22.6 Å². The van der Waals surface area contributed by atoms with E-state index in [9.17, 15) is 9.90 Å². The maximum Gasteiger partial charge on any atom is 0.251 e. The van der Waals surface area contributed by atoms with Crippen LogP contribution in [0.5, 0.6) is 0 Å². The zero-order valence-corrected chi connectivity index (χ0v) is 17.1. The Morgan fingerprint density at radius 2 is 2.00 bits per heavy atom. The van der Waals surface area contributed by atoms with E-state index in [0.717, 1.165) is 60.3 Å². The van der Waals surface area contributed by atoms with Crippen LogP contribution in [0.25, 0.3) is 11.0 Å². The Morgan fingerprint density at radius 3 is 2.83 bits per heavy atom. The van der Waals surface area contributed by atoms with Gasteiger partial charge in [0, 0.05) is 37.5 Å². The molecule has 0 radical (unpaired) electrons. The minimum Gasteiger partial charge on any atom is -0.388 e. The van der Waals surface area contributed by atoms with Crippen LogP contribution in [0, 0.1) is 0 Å². The number of rotatable bonds is 3. The van der Waals surface area contributed by atoms with Gasteiger partial charge in [-0.15, -0.1) is 0 Å². The number of amides is 1. The van der Waals surface area contributed by atoms with E-state index >= 15 is 0 Å². The third-order valence-corrected chi connectivity index (χ3v) is 5.82. The van der Waals surface area contributed by atoms with Gasteiger partial charge in [-0.1, -0.05) is 25.0 Å². The summed E-state index contributed by atoms with van der Waals surface area (Å²) < 4.78 is 2.00. The number of anilines is 1. The van der Waals surface area contributed by atoms with Gasteiger partial charge in [0.15, 0.2) is 0 Å². The van der Waals surface area contributed by atoms with E-state index in [1.54, 1.807) is 0 Å². The highest BCUT2D eigenvalue weighted by atomic mass is 16.3. The molecule has 2 aromatic carbocycles. The highest BCUT2D eigenvalue weighted by molar-refractivity contribution is 5.95. The Labute approximate surface area is 171 Å². The van der Waals surface area contributed by atoms with E-state index < -0.39 is 6.10 Å². The highest BCUT2D eigenvalue weighted by Gasteiger charge is 2.19. The van der Waals surface area contributed by atoms with Gasteiger partial charge in [-0.3, -0.25) is 4.79 Å². The minimum atomic E-state index is -0.543. The predicted molar refractivity (Wildman–Crippen MR) is 115 cm³/mol. The molecule has 2 heterocycles. The zero-order valence-electron chi connectivity index (χ0n) is 17.1. The molecular weight excluding hydrogens is 364 g/mol. The molecule has 29 heavy (non-hydrogen) atoms. The summed E-state index contributed by atoms with van der Waals surface area (Å²) in [5, 5.41) is 13.6. The number of aryl methyl sites for hydroxylation is 1. The monoisotopic (exact) mass is 392 g/mol. The smallest absolute Gasteiger partial charge is 0.251 e. The minimum absolute atomic E-state index is 0.158. The number of aromatic nitrogens is 2. The molecule has 0 saturated carbocycles. The SMILES string of the molecule is CN1CCCCCC(O)c2cc(C(=O)NCc3nc4ccccc4n3C)ccc21. The van der Waals surface area contributed by atoms with Crippen molar-refractivity contribution < 1.29 is 9.90 Å². The molecule has 0 bridgehead atoms. The van der Waals surface area contributed by atoms with E-state index in [4.69, 9.17) is 0 Å². The van der Waals surface area contributed by atoms with Crippen molar-refractivity contribution in [1.29, 1.82) is 0 Å². The summed E-state index contributed by atoms with van der Waals surface area (Å²) >= 11 is 0. The fraction of sp³-hybridized carbons (Fsp3) is 0.391. The van der Waals surface area contributed by atoms with Crippen molar-refractivity contribution in [3.05, 3.63) is 59.4 Å². The molecule has 6 heteroatoms. The molecule has 0 aliphatic carbocycles. The summed E-state index contributed by atoms with van der Waals surface area (Å²) in [4.78, 5) is 19.6. The molecule has 1 aliphatic heterocycles. The molecule has 6 nitrogen and oxygen atoms in total. The number of aliphatic hydroxyl groups excluding tert-OH is 1. The van der Waals surface area contributed by atoms with Crippen LogP contribution in [0.3, 0.4) is 0 Å². The normalized spacial score (nSPS) is 17.3. The van der Waals surface area contributed by atoms with Crippen LogP contribution in [-0.4, -0.2) is 34.2 Å². The largest absolute Gasteiger partial charge is 0.388 e. The van der Waals surface area contributed by atoms with Crippen LogP contribution in [-0.2, 0) is 13.6 Å². The van der Waals surface area contributed by atoms with Crippen molar-refractivity contribution in [2.24, 2.45) is 7.05 Å². The van der Waals surface area contributed by atoms with Gasteiger partial charge in [0.1, 0.15) is 5.82 Å². The fourth-order valence-electron chi connectivity index (χ4n) is 4.06. The van der Waals surface area contributed by atoms with Crippen molar-refractivity contribution in [2.75, 3.05) is 18.5 Å². The quantitative estimate of drug-likeness (QED) is 0.715. The maximum atomic E-state index is 12.8. The molecule has 0 fully saturated rings. The predicted octanol–water partition coefficient (Wildman–Crippen LogP) is 3.55. The first-order valence-electron chi connectivity index (χ1n) is 10.3. The fourth-order valence-corrected chi connectivity index (χ4v) is 4.06. The molecule has 0 saturated heterocycles. The van der Waals surface area contributed by atoms with Crippen molar-refractivity contribution in [2.45, 2.75) is 38.3 Å². The highest BCUT2D eigenvalue weighted by Crippen LogP contribution is 2.32. The van der Waals surface area contributed by atoms with E-state index in [1.807, 2.05) is 61.1 Å². The second-order valence-electron chi connectivity index (χ2n) is 7.82. The molecule has 2 N–H and O–H groups in total. The summed E-state index contributed by atoms with van der Waals surface area (Å²) in [6.45, 7) is 1.31. The first-order chi connectivity index (χ1) is 14.0. The summed E-state index contributed by atoms with van der Waals surface area (Å²) in [5.41, 5.74) is 4.37. The molecule has 1 atom stereocenters. The first-order valence-corrected chi connectivity index (χ1v) is 10.3. The van der Waals surface area contributed by atoms with Crippen molar-refractivity contribution in [1.82, 2.24) is 14.9 Å². The van der Waals surface area contributed by atoms with E-state index in [1.165, 1.54) is 0 Å². The van der Waals surface area contributed by atoms with E-state index in [0.29, 0.717) is 12.1 Å². The second-order valence-corrected chi connectivity index (χ2v) is 7.82. The molecule has 1 aliphatic rings. The van der Waals surface area contributed by atoms with Crippen LogP contribution in [0.1, 0.15) is 53.5 Å². The van der Waals surface area contributed by atoms with Crippen LogP contribution < -0.4 is 10.2 Å². The third kappa shape index (κ3) is 3.98. The van der Waals surface area contributed by atoms with Gasteiger partial charge in [-0.2, -0.15) is 0 Å². The number of benzene rings is 2. The number of fused-ring (bicyclic) bond motifs is 2. The second kappa shape index (κ2) is 8.25. The Kier molecular flexibility index (Phi) is 5.53. The Balaban J connectivity index is 1.54. The van der Waals surface area contributed by atoms with Gasteiger partial charge in [-0.25, -0.2) is 4.98 Å². The lowest BCUT2D eigenvalue weighted by Gasteiger charge is -2.24. The Hall–Kier alpha value is -2.86. The topological polar surface area (TPSA) is 70.4 Å². The van der Waals surface area contributed by atoms with Crippen LogP contribution in [0.15, 0.2) is 42.5 Å². The van der Waals surface area contributed by atoms with Gasteiger partial charge < -0.3 is 19.9 Å². The average molecular weight is 393 g/mol. The molecular formula is C23H28N4O2. The lowest BCUT2D eigenvalue weighted by Crippen LogP contribution is -2.25. The molecule has 1 unspecified atom stereocenters. The number of aliphatic hydroxyl groups is 1. The first kappa shape index (κ1) is 19.5. The van der Waals surface area contributed by atoms with Crippen LogP contribution in [0.2, 0.25) is 0 Å². The summed E-state index contributed by atoms with van der Waals surface area (Å²) in [6, 6.07) is 13.6. The Bertz CT molecular complexity index is 1030. The Morgan fingerprint density at radius 1 is 1.17 bits per heavy atom. The summed E-state index contributed by atoms with van der Waals surface area (Å²) in [6.07, 6.45) is 3.41. The van der Waals surface area contributed by atoms with Gasteiger partial charge >= 0.3 is 0 Å². The molecule has 1 aromatic heterocycles. The standard InChI is InChI=1S/C23H28N4O2/c1-26-13-7-3-4-10-21(28)17-14-16(11-12-19(17)26)23(29)24-15-22-25-18-8-5-6-9-20(18)27(22)2/h5-6,8-9,11-12,14,21,28H,3-4,7,10,13,15H2,1-2H3,(H,24,29). The number of carbonyl (C=O) groups excluding carboxylic acids is 1. The molecule has 152 valence electrons. The van der Waals surface area contributed by atoms with Crippen LogP contribution >= 0.6 is 0 Å². The lowest BCUT2D eigenvalue weighted by atomic mass is 9.99. The van der Waals surface area contributed by atoms with E-state index in [-0.39, 0.29) is 5.91 Å². The van der Waals surface area contributed by atoms with Gasteiger partial charge in [0.05, 0.1) is 23.7 Å². The summed E-state index contributed by atoms with van der Waals surface area (Å²) in [5.74, 6) is 0.650. The number of para-hydroxylation sites is 2. The van der Waals surface area contributed by atoms with Gasteiger partial charge in [0.25, 0.3) is 5.91 Å². The summed E-state index contributed by atoms with van der Waals surface area (Å²) in [7, 11) is 4.00. The zero-order chi connectivity index (χ0) is 20.4. The van der Waals surface area contributed by atoms with Crippen molar-refractivity contribution in [3.8, 4) is 0 Å². The van der Waals surface area contributed by atoms with Crippen molar-refractivity contribution in [3.63, 3.8) is 0 Å². The van der Waals surface area contributed by atoms with E-state index in [2.05, 4.69) is 15.2 Å². The number of carbonyl (C=O) groups is 1. The number of hydrogen-bond acceptors (Lipinski definition) is 4. The number of nitrogens with one attached hydrogen (secondary N) is 1. The number of nitrogens with zero attached hydrogens (tertiary/aromatic N) is 3. The molecule has 1 amide bonds. The maximum absolute atomic E-state index is 12.8. The molecule has 0 spiro atoms. The number of hydrogen-bond donors (Lipinski definition) is 2. The average Bonchev–Trinajstić information content (AvgIpc) is 3.08.